The van der Waals surface area contributed by atoms with Crippen LogP contribution in [0.1, 0.15) is 25.0 Å². The van der Waals surface area contributed by atoms with Gasteiger partial charge in [0, 0.05) is 33.1 Å². The number of fused-ring (bicyclic) bond motifs is 8. The minimum atomic E-state index is -0.0915. The molecule has 2 heterocycles. The molecule has 7 aromatic carbocycles. The highest BCUT2D eigenvalue weighted by atomic mass is 32.1. The molecule has 2 aromatic heterocycles. The number of benzene rings is 7. The molecular weight excluding hydrogens is 627 g/mol. The number of nitrogens with zero attached hydrogens (tertiary/aromatic N) is 3. The summed E-state index contributed by atoms with van der Waals surface area (Å²) in [5.74, 6) is 0.713. The highest BCUT2D eigenvalue weighted by molar-refractivity contribution is 7.21. The van der Waals surface area contributed by atoms with E-state index in [0.717, 1.165) is 49.6 Å². The summed E-state index contributed by atoms with van der Waals surface area (Å²) in [7, 11) is 0. The predicted molar refractivity (Wildman–Crippen MR) is 210 cm³/mol. The molecule has 0 fully saturated rings. The molecule has 4 heteroatoms. The minimum absolute atomic E-state index is 0.0915. The van der Waals surface area contributed by atoms with Crippen molar-refractivity contribution in [2.75, 3.05) is 0 Å². The van der Waals surface area contributed by atoms with Gasteiger partial charge in [0.05, 0.1) is 21.6 Å². The second kappa shape index (κ2) is 11.0. The zero-order valence-corrected chi connectivity index (χ0v) is 28.5. The van der Waals surface area contributed by atoms with E-state index in [9.17, 15) is 0 Å². The molecule has 1 aliphatic rings. The third-order valence-corrected chi connectivity index (χ3v) is 11.4. The van der Waals surface area contributed by atoms with Crippen LogP contribution in [0.5, 0.6) is 0 Å². The Morgan fingerprint density at radius 1 is 0.480 bits per heavy atom. The summed E-state index contributed by atoms with van der Waals surface area (Å²) in [6, 6.07) is 54.0. The third-order valence-electron chi connectivity index (χ3n) is 10.3. The molecule has 0 bridgehead atoms. The SMILES string of the molecule is CC1(C)c2ccccc2-c2ccc(-c3cc(-c4ccccc4)nc(-c4ccc5c(ccc6ccc7sc(-c8ccccc8)nc7c65)c4)n3)cc21. The van der Waals surface area contributed by atoms with Crippen molar-refractivity contribution in [2.45, 2.75) is 19.3 Å². The fourth-order valence-electron chi connectivity index (χ4n) is 7.73. The van der Waals surface area contributed by atoms with E-state index in [0.29, 0.717) is 5.82 Å². The lowest BCUT2D eigenvalue weighted by atomic mass is 9.82. The molecule has 0 aliphatic heterocycles. The molecule has 1 aliphatic carbocycles. The third kappa shape index (κ3) is 4.53. The van der Waals surface area contributed by atoms with Gasteiger partial charge in [0.1, 0.15) is 5.01 Å². The normalized spacial score (nSPS) is 13.2. The van der Waals surface area contributed by atoms with E-state index >= 15 is 0 Å². The van der Waals surface area contributed by atoms with E-state index in [1.807, 2.05) is 12.1 Å². The van der Waals surface area contributed by atoms with Crippen LogP contribution in [0.4, 0.5) is 0 Å². The van der Waals surface area contributed by atoms with Crippen molar-refractivity contribution in [1.82, 2.24) is 15.0 Å². The molecule has 0 atom stereocenters. The largest absolute Gasteiger partial charge is 0.235 e. The Hall–Kier alpha value is -5.97. The van der Waals surface area contributed by atoms with E-state index < -0.39 is 0 Å². The number of hydrogen-bond donors (Lipinski definition) is 0. The van der Waals surface area contributed by atoms with Crippen molar-refractivity contribution in [1.29, 1.82) is 0 Å². The second-order valence-electron chi connectivity index (χ2n) is 13.7. The number of hydrogen-bond acceptors (Lipinski definition) is 4. The zero-order valence-electron chi connectivity index (χ0n) is 27.7. The first-order chi connectivity index (χ1) is 24.5. The van der Waals surface area contributed by atoms with Gasteiger partial charge in [-0.05, 0) is 62.7 Å². The Bertz CT molecular complexity index is 2780. The van der Waals surface area contributed by atoms with Gasteiger partial charge in [-0.2, -0.15) is 0 Å². The maximum Gasteiger partial charge on any atom is 0.160 e. The van der Waals surface area contributed by atoms with Crippen molar-refractivity contribution in [3.63, 3.8) is 0 Å². The van der Waals surface area contributed by atoms with Crippen molar-refractivity contribution in [3.05, 3.63) is 163 Å². The van der Waals surface area contributed by atoms with Crippen LogP contribution in [0.2, 0.25) is 0 Å². The Morgan fingerprint density at radius 2 is 1.14 bits per heavy atom. The molecule has 0 N–H and O–H groups in total. The smallest absolute Gasteiger partial charge is 0.160 e. The topological polar surface area (TPSA) is 38.7 Å². The zero-order chi connectivity index (χ0) is 33.4. The van der Waals surface area contributed by atoms with Crippen LogP contribution in [0, 0.1) is 0 Å². The van der Waals surface area contributed by atoms with Crippen LogP contribution in [-0.4, -0.2) is 15.0 Å². The average molecular weight is 658 g/mol. The number of thiazole rings is 1. The van der Waals surface area contributed by atoms with Gasteiger partial charge in [0.2, 0.25) is 0 Å². The monoisotopic (exact) mass is 657 g/mol. The number of aromatic nitrogens is 3. The maximum absolute atomic E-state index is 5.26. The molecule has 0 spiro atoms. The summed E-state index contributed by atoms with van der Waals surface area (Å²) >= 11 is 1.75. The standard InChI is InChI=1S/C46H31N3S/c1-46(2)37-16-10-9-15-35(37)36-23-19-32(26-38(36)46)40-27-39(28-11-5-3-6-12-28)47-44(48-40)33-20-22-34-31(25-33)18-17-29-21-24-41-43(42(29)34)49-45(50-41)30-13-7-4-8-14-30/h3-27H,1-2H3. The first kappa shape index (κ1) is 29.0. The molecule has 10 rings (SSSR count). The Labute approximate surface area is 294 Å². The van der Waals surface area contributed by atoms with E-state index in [-0.39, 0.29) is 5.41 Å². The molecule has 0 amide bonds. The molecule has 3 nitrogen and oxygen atoms in total. The first-order valence-corrected chi connectivity index (χ1v) is 17.8. The van der Waals surface area contributed by atoms with Gasteiger partial charge in [0.15, 0.2) is 5.82 Å². The lowest BCUT2D eigenvalue weighted by Crippen LogP contribution is -2.14. The minimum Gasteiger partial charge on any atom is -0.235 e. The van der Waals surface area contributed by atoms with Crippen LogP contribution in [0.15, 0.2) is 152 Å². The fourth-order valence-corrected chi connectivity index (χ4v) is 8.71. The Morgan fingerprint density at radius 3 is 1.96 bits per heavy atom. The lowest BCUT2D eigenvalue weighted by Gasteiger charge is -2.22. The first-order valence-electron chi connectivity index (χ1n) is 17.0. The van der Waals surface area contributed by atoms with E-state index in [4.69, 9.17) is 15.0 Å². The predicted octanol–water partition coefficient (Wildman–Crippen LogP) is 12.4. The van der Waals surface area contributed by atoms with Crippen LogP contribution in [-0.2, 0) is 5.41 Å². The van der Waals surface area contributed by atoms with Crippen molar-refractivity contribution < 1.29 is 0 Å². The number of rotatable bonds is 4. The van der Waals surface area contributed by atoms with Crippen molar-refractivity contribution in [2.24, 2.45) is 0 Å². The Balaban J connectivity index is 1.13. The highest BCUT2D eigenvalue weighted by Crippen LogP contribution is 2.49. The molecule has 9 aromatic rings. The molecular formula is C46H31N3S. The quantitative estimate of drug-likeness (QED) is 0.177. The maximum atomic E-state index is 5.26. The van der Waals surface area contributed by atoms with E-state index in [1.54, 1.807) is 11.3 Å². The van der Waals surface area contributed by atoms with E-state index in [2.05, 4.69) is 153 Å². The molecule has 0 unspecified atom stereocenters. The van der Waals surface area contributed by atoms with Gasteiger partial charge in [0.25, 0.3) is 0 Å². The van der Waals surface area contributed by atoms with Gasteiger partial charge < -0.3 is 0 Å². The van der Waals surface area contributed by atoms with Crippen LogP contribution >= 0.6 is 11.3 Å². The summed E-state index contributed by atoms with van der Waals surface area (Å²) in [6.45, 7) is 4.64. The van der Waals surface area contributed by atoms with Crippen LogP contribution in [0.3, 0.4) is 0 Å². The second-order valence-corrected chi connectivity index (χ2v) is 14.7. The van der Waals surface area contributed by atoms with Crippen molar-refractivity contribution in [3.8, 4) is 55.6 Å². The van der Waals surface area contributed by atoms with Crippen LogP contribution in [0.25, 0.3) is 87.4 Å². The summed E-state index contributed by atoms with van der Waals surface area (Å²) < 4.78 is 1.19. The molecule has 236 valence electrons. The molecule has 50 heavy (non-hydrogen) atoms. The van der Waals surface area contributed by atoms with Gasteiger partial charge in [-0.15, -0.1) is 11.3 Å². The van der Waals surface area contributed by atoms with Crippen molar-refractivity contribution >= 4 is 43.1 Å². The Kier molecular flexibility index (Phi) is 6.39. The van der Waals surface area contributed by atoms with E-state index in [1.165, 1.54) is 43.1 Å². The average Bonchev–Trinajstić information content (AvgIpc) is 3.71. The highest BCUT2D eigenvalue weighted by Gasteiger charge is 2.35. The van der Waals surface area contributed by atoms with Gasteiger partial charge in [-0.1, -0.05) is 141 Å². The van der Waals surface area contributed by atoms with Gasteiger partial charge in [-0.25, -0.2) is 15.0 Å². The molecule has 0 saturated carbocycles. The summed E-state index contributed by atoms with van der Waals surface area (Å²) in [5.41, 5.74) is 12.4. The van der Waals surface area contributed by atoms with Crippen LogP contribution < -0.4 is 0 Å². The molecule has 0 saturated heterocycles. The molecule has 0 radical (unpaired) electrons. The fraction of sp³-hybridized carbons (Fsp3) is 0.0652. The van der Waals surface area contributed by atoms with Gasteiger partial charge in [-0.3, -0.25) is 0 Å². The van der Waals surface area contributed by atoms with Gasteiger partial charge >= 0.3 is 0 Å². The summed E-state index contributed by atoms with van der Waals surface area (Å²) in [4.78, 5) is 15.6. The lowest BCUT2D eigenvalue weighted by molar-refractivity contribution is 0.660. The summed E-state index contributed by atoms with van der Waals surface area (Å²) in [5, 5.41) is 5.74. The summed E-state index contributed by atoms with van der Waals surface area (Å²) in [6.07, 6.45) is 0.